The zero-order valence-corrected chi connectivity index (χ0v) is 13.6. The van der Waals surface area contributed by atoms with Gasteiger partial charge in [-0.3, -0.25) is 0 Å². The van der Waals surface area contributed by atoms with Crippen LogP contribution < -0.4 is 5.32 Å². The van der Waals surface area contributed by atoms with E-state index in [0.717, 1.165) is 27.8 Å². The van der Waals surface area contributed by atoms with Crippen LogP contribution in [0.3, 0.4) is 0 Å². The maximum Gasteiger partial charge on any atom is 0.139 e. The largest absolute Gasteiger partial charge is 0.379 e. The summed E-state index contributed by atoms with van der Waals surface area (Å²) in [6.45, 7) is 2.44. The molecule has 108 valence electrons. The zero-order chi connectivity index (χ0) is 15.0. The molecule has 0 spiro atoms. The average Bonchev–Trinajstić information content (AvgIpc) is 2.79. The fourth-order valence-corrected chi connectivity index (χ4v) is 3.04. The van der Waals surface area contributed by atoms with E-state index in [1.165, 1.54) is 6.07 Å². The number of hydrogen-bond acceptors (Lipinski definition) is 1. The summed E-state index contributed by atoms with van der Waals surface area (Å²) in [6.07, 6.45) is 0. The molecule has 0 aliphatic heterocycles. The number of fused-ring (bicyclic) bond motifs is 1. The number of rotatable bonds is 3. The first-order valence-electron chi connectivity index (χ1n) is 6.51. The van der Waals surface area contributed by atoms with Gasteiger partial charge in [-0.15, -0.1) is 0 Å². The SMILES string of the molecule is Cc1cc(Br)c(F)cc1NCc1[nH]c2ccccc2c1Cl. The zero-order valence-electron chi connectivity index (χ0n) is 11.3. The lowest BCUT2D eigenvalue weighted by molar-refractivity contribution is 0.621. The molecular weight excluding hydrogens is 355 g/mol. The lowest BCUT2D eigenvalue weighted by Crippen LogP contribution is -2.02. The standard InChI is InChI=1S/C16H13BrClFN2/c1-9-6-11(17)12(19)7-14(9)20-8-15-16(18)10-4-2-3-5-13(10)21-15/h2-7,20-21H,8H2,1H3. The Labute approximate surface area is 135 Å². The van der Waals surface area contributed by atoms with Crippen LogP contribution in [0.15, 0.2) is 40.9 Å². The molecule has 5 heteroatoms. The van der Waals surface area contributed by atoms with Gasteiger partial charge in [0.1, 0.15) is 5.82 Å². The van der Waals surface area contributed by atoms with Gasteiger partial charge < -0.3 is 10.3 Å². The molecule has 0 unspecified atom stereocenters. The number of benzene rings is 2. The van der Waals surface area contributed by atoms with E-state index in [1.807, 2.05) is 31.2 Å². The minimum atomic E-state index is -0.286. The molecule has 0 saturated heterocycles. The van der Waals surface area contributed by atoms with Gasteiger partial charge in [-0.05, 0) is 46.6 Å². The van der Waals surface area contributed by atoms with E-state index in [-0.39, 0.29) is 5.82 Å². The van der Waals surface area contributed by atoms with E-state index in [9.17, 15) is 4.39 Å². The van der Waals surface area contributed by atoms with Crippen molar-refractivity contribution in [3.05, 3.63) is 63.0 Å². The number of aryl methyl sites for hydroxylation is 1. The summed E-state index contributed by atoms with van der Waals surface area (Å²) in [5.41, 5.74) is 3.61. The number of hydrogen-bond donors (Lipinski definition) is 2. The van der Waals surface area contributed by atoms with Crippen LogP contribution in [0, 0.1) is 12.7 Å². The molecule has 0 aliphatic carbocycles. The van der Waals surface area contributed by atoms with E-state index in [4.69, 9.17) is 11.6 Å². The van der Waals surface area contributed by atoms with Gasteiger partial charge in [0.15, 0.2) is 0 Å². The Morgan fingerprint density at radius 3 is 2.81 bits per heavy atom. The van der Waals surface area contributed by atoms with E-state index < -0.39 is 0 Å². The predicted octanol–water partition coefficient (Wildman–Crippen LogP) is 5.64. The van der Waals surface area contributed by atoms with E-state index in [1.54, 1.807) is 6.07 Å². The quantitative estimate of drug-likeness (QED) is 0.615. The molecule has 0 radical (unpaired) electrons. The molecule has 2 aromatic carbocycles. The number of anilines is 1. The third-order valence-electron chi connectivity index (χ3n) is 3.44. The lowest BCUT2D eigenvalue weighted by atomic mass is 10.2. The van der Waals surface area contributed by atoms with Gasteiger partial charge in [-0.25, -0.2) is 4.39 Å². The Hall–Kier alpha value is -1.52. The molecule has 3 rings (SSSR count). The minimum Gasteiger partial charge on any atom is -0.379 e. The van der Waals surface area contributed by atoms with Crippen LogP contribution >= 0.6 is 27.5 Å². The van der Waals surface area contributed by atoms with Crippen LogP contribution in [0.5, 0.6) is 0 Å². The van der Waals surface area contributed by atoms with E-state index in [0.29, 0.717) is 16.0 Å². The number of para-hydroxylation sites is 1. The van der Waals surface area contributed by atoms with Crippen LogP contribution in [0.2, 0.25) is 5.02 Å². The number of H-pyrrole nitrogens is 1. The van der Waals surface area contributed by atoms with Crippen LogP contribution in [0.25, 0.3) is 10.9 Å². The van der Waals surface area contributed by atoms with Crippen LogP contribution in [-0.4, -0.2) is 4.98 Å². The lowest BCUT2D eigenvalue weighted by Gasteiger charge is -2.10. The molecule has 2 N–H and O–H groups in total. The minimum absolute atomic E-state index is 0.286. The predicted molar refractivity (Wildman–Crippen MR) is 89.5 cm³/mol. The van der Waals surface area contributed by atoms with Crippen molar-refractivity contribution >= 4 is 44.1 Å². The summed E-state index contributed by atoms with van der Waals surface area (Å²) >= 11 is 9.55. The van der Waals surface area contributed by atoms with Gasteiger partial charge >= 0.3 is 0 Å². The van der Waals surface area contributed by atoms with E-state index in [2.05, 4.69) is 26.2 Å². The maximum absolute atomic E-state index is 13.6. The van der Waals surface area contributed by atoms with Crippen molar-refractivity contribution in [2.75, 3.05) is 5.32 Å². The topological polar surface area (TPSA) is 27.8 Å². The highest BCUT2D eigenvalue weighted by Gasteiger charge is 2.10. The molecule has 21 heavy (non-hydrogen) atoms. The fraction of sp³-hybridized carbons (Fsp3) is 0.125. The third-order valence-corrected chi connectivity index (χ3v) is 4.48. The first kappa shape index (κ1) is 14.4. The molecule has 1 heterocycles. The fourth-order valence-electron chi connectivity index (χ4n) is 2.31. The molecule has 2 nitrogen and oxygen atoms in total. The van der Waals surface area contributed by atoms with Crippen LogP contribution in [0.4, 0.5) is 10.1 Å². The van der Waals surface area contributed by atoms with Crippen molar-refractivity contribution in [1.29, 1.82) is 0 Å². The van der Waals surface area contributed by atoms with Gasteiger partial charge in [0, 0.05) is 16.6 Å². The Morgan fingerprint density at radius 1 is 1.29 bits per heavy atom. The molecule has 0 bridgehead atoms. The van der Waals surface area contributed by atoms with Crippen molar-refractivity contribution in [2.45, 2.75) is 13.5 Å². The van der Waals surface area contributed by atoms with Crippen molar-refractivity contribution in [2.24, 2.45) is 0 Å². The Morgan fingerprint density at radius 2 is 2.05 bits per heavy atom. The Balaban J connectivity index is 1.87. The number of nitrogens with one attached hydrogen (secondary N) is 2. The second-order valence-corrected chi connectivity index (χ2v) is 6.13. The van der Waals surface area contributed by atoms with Crippen molar-refractivity contribution < 1.29 is 4.39 Å². The first-order chi connectivity index (χ1) is 10.1. The molecule has 0 saturated carbocycles. The third kappa shape index (κ3) is 2.78. The molecule has 0 aliphatic rings. The summed E-state index contributed by atoms with van der Waals surface area (Å²) in [4.78, 5) is 3.28. The summed E-state index contributed by atoms with van der Waals surface area (Å²) < 4.78 is 14.1. The van der Waals surface area contributed by atoms with Crippen LogP contribution in [-0.2, 0) is 6.54 Å². The Bertz CT molecular complexity index is 813. The van der Waals surface area contributed by atoms with Gasteiger partial charge in [0.2, 0.25) is 0 Å². The summed E-state index contributed by atoms with van der Waals surface area (Å²) in [6, 6.07) is 11.1. The number of aromatic nitrogens is 1. The van der Waals surface area contributed by atoms with Crippen molar-refractivity contribution in [1.82, 2.24) is 4.98 Å². The number of halogens is 3. The highest BCUT2D eigenvalue weighted by molar-refractivity contribution is 9.10. The molecule has 3 aromatic rings. The smallest absolute Gasteiger partial charge is 0.139 e. The normalized spacial score (nSPS) is 11.0. The molecule has 1 aromatic heterocycles. The molecule has 0 amide bonds. The number of aromatic amines is 1. The van der Waals surface area contributed by atoms with Crippen LogP contribution in [0.1, 0.15) is 11.3 Å². The monoisotopic (exact) mass is 366 g/mol. The summed E-state index contributed by atoms with van der Waals surface area (Å²) in [5.74, 6) is -0.286. The molecular formula is C16H13BrClFN2. The first-order valence-corrected chi connectivity index (χ1v) is 7.68. The molecule has 0 fully saturated rings. The highest BCUT2D eigenvalue weighted by atomic mass is 79.9. The second kappa shape index (κ2) is 5.70. The Kier molecular flexibility index (Phi) is 3.91. The van der Waals surface area contributed by atoms with Gasteiger partial charge in [0.25, 0.3) is 0 Å². The second-order valence-electron chi connectivity index (χ2n) is 4.90. The highest BCUT2D eigenvalue weighted by Crippen LogP contribution is 2.29. The molecule has 0 atom stereocenters. The maximum atomic E-state index is 13.6. The van der Waals surface area contributed by atoms with E-state index >= 15 is 0 Å². The summed E-state index contributed by atoms with van der Waals surface area (Å²) in [5, 5.41) is 4.92. The average molecular weight is 368 g/mol. The summed E-state index contributed by atoms with van der Waals surface area (Å²) in [7, 11) is 0. The van der Waals surface area contributed by atoms with Crippen molar-refractivity contribution in [3.8, 4) is 0 Å². The van der Waals surface area contributed by atoms with Gasteiger partial charge in [0.05, 0.1) is 21.7 Å². The van der Waals surface area contributed by atoms with Gasteiger partial charge in [-0.2, -0.15) is 0 Å². The van der Waals surface area contributed by atoms with Gasteiger partial charge in [-0.1, -0.05) is 29.8 Å². The van der Waals surface area contributed by atoms with Crippen molar-refractivity contribution in [3.63, 3.8) is 0 Å².